The number of hydrogen-bond acceptors (Lipinski definition) is 2. The first-order chi connectivity index (χ1) is 8.18. The Kier molecular flexibility index (Phi) is 4.21. The van der Waals surface area contributed by atoms with E-state index in [1.165, 1.54) is 0 Å². The molecule has 3 heteroatoms. The molecule has 0 radical (unpaired) electrons. The van der Waals surface area contributed by atoms with E-state index < -0.39 is 0 Å². The molecule has 96 valence electrons. The summed E-state index contributed by atoms with van der Waals surface area (Å²) < 4.78 is 7.86. The predicted molar refractivity (Wildman–Crippen MR) is 68.8 cm³/mol. The van der Waals surface area contributed by atoms with Crippen molar-refractivity contribution in [3.05, 3.63) is 11.3 Å². The number of hydrogen-bond donors (Lipinski definition) is 1. The molecule has 0 aromatic carbocycles. The normalized spacial score (nSPS) is 25.9. The summed E-state index contributed by atoms with van der Waals surface area (Å²) in [4.78, 5) is 0. The topological polar surface area (TPSA) is 32.5 Å². The molecule has 0 bridgehead atoms. The molecule has 0 aromatic rings. The molecule has 1 heterocycles. The molecule has 2 fully saturated rings. The minimum atomic E-state index is 0.393. The quantitative estimate of drug-likeness (QED) is 0.562. The van der Waals surface area contributed by atoms with Gasteiger partial charge in [-0.25, -0.2) is 4.58 Å². The summed E-state index contributed by atoms with van der Waals surface area (Å²) in [5.74, 6) is 1.02. The molecule has 0 unspecified atom stereocenters. The maximum Gasteiger partial charge on any atom is 0.166 e. The summed E-state index contributed by atoms with van der Waals surface area (Å²) in [6.07, 6.45) is 4.48. The van der Waals surface area contributed by atoms with E-state index in [9.17, 15) is 5.11 Å². The summed E-state index contributed by atoms with van der Waals surface area (Å²) in [7, 11) is 0. The zero-order valence-corrected chi connectivity index (χ0v) is 11.0. The van der Waals surface area contributed by atoms with Crippen molar-refractivity contribution in [2.75, 3.05) is 26.3 Å². The molecule has 1 aliphatic carbocycles. The standard InChI is InChI=1S/C14H23NO2/c1-11(2)14(16)12-3-5-13(6-4-12)15-7-9-17-10-8-15/h12H,3-10H2,1-2H3/p+1. The monoisotopic (exact) mass is 238 g/mol. The van der Waals surface area contributed by atoms with Gasteiger partial charge in [0.15, 0.2) is 18.8 Å². The van der Waals surface area contributed by atoms with Crippen LogP contribution in [-0.2, 0) is 4.74 Å². The van der Waals surface area contributed by atoms with Crippen molar-refractivity contribution in [2.24, 2.45) is 5.92 Å². The lowest BCUT2D eigenvalue weighted by atomic mass is 9.85. The van der Waals surface area contributed by atoms with Crippen molar-refractivity contribution in [3.8, 4) is 0 Å². The molecule has 0 atom stereocenters. The molecule has 0 aromatic heterocycles. The van der Waals surface area contributed by atoms with Crippen molar-refractivity contribution >= 4 is 5.71 Å². The second kappa shape index (κ2) is 5.67. The van der Waals surface area contributed by atoms with Gasteiger partial charge in [0.2, 0.25) is 0 Å². The van der Waals surface area contributed by atoms with Gasteiger partial charge in [0.1, 0.15) is 13.2 Å². The lowest BCUT2D eigenvalue weighted by Crippen LogP contribution is -2.35. The molecule has 1 N–H and O–H groups in total. The van der Waals surface area contributed by atoms with Gasteiger partial charge in [0.25, 0.3) is 0 Å². The van der Waals surface area contributed by atoms with Gasteiger partial charge >= 0.3 is 0 Å². The Morgan fingerprint density at radius 2 is 1.76 bits per heavy atom. The minimum absolute atomic E-state index is 0.393. The zero-order chi connectivity index (χ0) is 12.3. The number of aliphatic hydroxyl groups is 1. The zero-order valence-electron chi connectivity index (χ0n) is 11.0. The van der Waals surface area contributed by atoms with E-state index in [1.54, 1.807) is 5.71 Å². The fourth-order valence-corrected chi connectivity index (χ4v) is 2.83. The molecule has 1 aliphatic heterocycles. The fraction of sp³-hybridized carbons (Fsp3) is 0.786. The Bertz CT molecular complexity index is 322. The molecular formula is C14H24NO2+. The first kappa shape index (κ1) is 12.6. The molecule has 2 aliphatic rings. The number of rotatable bonds is 1. The van der Waals surface area contributed by atoms with Crippen LogP contribution in [0.4, 0.5) is 0 Å². The number of ether oxygens (including phenoxy) is 1. The summed E-state index contributed by atoms with van der Waals surface area (Å²) >= 11 is 0. The second-order valence-corrected chi connectivity index (χ2v) is 5.33. The van der Waals surface area contributed by atoms with Gasteiger partial charge in [-0.2, -0.15) is 0 Å². The Hall–Kier alpha value is -0.830. The number of aliphatic hydroxyl groups excluding tert-OH is 1. The molecule has 3 nitrogen and oxygen atoms in total. The maximum absolute atomic E-state index is 9.98. The Morgan fingerprint density at radius 3 is 2.29 bits per heavy atom. The average Bonchev–Trinajstić information content (AvgIpc) is 2.39. The molecule has 0 amide bonds. The smallest absolute Gasteiger partial charge is 0.166 e. The number of allylic oxidation sites excluding steroid dienone is 2. The first-order valence-electron chi connectivity index (χ1n) is 6.72. The van der Waals surface area contributed by atoms with E-state index in [0.29, 0.717) is 11.7 Å². The van der Waals surface area contributed by atoms with E-state index in [-0.39, 0.29) is 0 Å². The highest BCUT2D eigenvalue weighted by molar-refractivity contribution is 5.80. The van der Waals surface area contributed by atoms with Crippen LogP contribution in [0.3, 0.4) is 0 Å². The Morgan fingerprint density at radius 1 is 1.18 bits per heavy atom. The fourth-order valence-electron chi connectivity index (χ4n) is 2.83. The van der Waals surface area contributed by atoms with Crippen LogP contribution >= 0.6 is 0 Å². The van der Waals surface area contributed by atoms with Gasteiger partial charge in [-0.1, -0.05) is 0 Å². The van der Waals surface area contributed by atoms with Crippen molar-refractivity contribution in [1.29, 1.82) is 0 Å². The van der Waals surface area contributed by atoms with Crippen LogP contribution in [0.15, 0.2) is 11.3 Å². The largest absolute Gasteiger partial charge is 0.512 e. The van der Waals surface area contributed by atoms with Crippen LogP contribution in [0.5, 0.6) is 0 Å². The lowest BCUT2D eigenvalue weighted by molar-refractivity contribution is -0.551. The molecular weight excluding hydrogens is 214 g/mol. The van der Waals surface area contributed by atoms with Crippen molar-refractivity contribution in [2.45, 2.75) is 39.5 Å². The molecule has 2 rings (SSSR count). The van der Waals surface area contributed by atoms with Crippen molar-refractivity contribution in [1.82, 2.24) is 0 Å². The predicted octanol–water partition coefficient (Wildman–Crippen LogP) is 2.51. The second-order valence-electron chi connectivity index (χ2n) is 5.33. The first-order valence-corrected chi connectivity index (χ1v) is 6.72. The third-order valence-electron chi connectivity index (χ3n) is 3.92. The van der Waals surface area contributed by atoms with Gasteiger partial charge in [0, 0.05) is 18.8 Å². The third kappa shape index (κ3) is 3.09. The van der Waals surface area contributed by atoms with Crippen LogP contribution in [-0.4, -0.2) is 41.7 Å². The van der Waals surface area contributed by atoms with Crippen LogP contribution in [0, 0.1) is 5.92 Å². The van der Waals surface area contributed by atoms with Gasteiger partial charge < -0.3 is 9.84 Å². The highest BCUT2D eigenvalue weighted by atomic mass is 16.5. The highest BCUT2D eigenvalue weighted by Crippen LogP contribution is 2.28. The SMILES string of the molecule is CC(C)=C(O)C1CCC(=[N+]2CCOCC2)CC1. The van der Waals surface area contributed by atoms with Gasteiger partial charge in [-0.3, -0.25) is 0 Å². The summed E-state index contributed by atoms with van der Waals surface area (Å²) in [5, 5.41) is 9.98. The summed E-state index contributed by atoms with van der Waals surface area (Å²) in [6.45, 7) is 7.83. The van der Waals surface area contributed by atoms with Crippen molar-refractivity contribution < 1.29 is 14.4 Å². The van der Waals surface area contributed by atoms with E-state index in [4.69, 9.17) is 4.74 Å². The Balaban J connectivity index is 1.96. The van der Waals surface area contributed by atoms with E-state index in [1.807, 2.05) is 13.8 Å². The van der Waals surface area contributed by atoms with E-state index in [0.717, 1.165) is 57.6 Å². The summed E-state index contributed by atoms with van der Waals surface area (Å²) in [5.41, 5.74) is 2.65. The van der Waals surface area contributed by atoms with Crippen molar-refractivity contribution in [3.63, 3.8) is 0 Å². The van der Waals surface area contributed by atoms with E-state index in [2.05, 4.69) is 4.58 Å². The Labute approximate surface area is 104 Å². The van der Waals surface area contributed by atoms with Gasteiger partial charge in [-0.05, 0) is 32.3 Å². The maximum atomic E-state index is 9.98. The van der Waals surface area contributed by atoms with Gasteiger partial charge in [0.05, 0.1) is 5.76 Å². The molecule has 17 heavy (non-hydrogen) atoms. The third-order valence-corrected chi connectivity index (χ3v) is 3.92. The van der Waals surface area contributed by atoms with E-state index >= 15 is 0 Å². The lowest BCUT2D eigenvalue weighted by Gasteiger charge is -2.24. The highest BCUT2D eigenvalue weighted by Gasteiger charge is 2.27. The molecule has 1 saturated heterocycles. The van der Waals surface area contributed by atoms with Crippen LogP contribution in [0.1, 0.15) is 39.5 Å². The van der Waals surface area contributed by atoms with Gasteiger partial charge in [-0.15, -0.1) is 0 Å². The summed E-state index contributed by atoms with van der Waals surface area (Å²) in [6, 6.07) is 0. The van der Waals surface area contributed by atoms with Crippen LogP contribution in [0.2, 0.25) is 0 Å². The van der Waals surface area contributed by atoms with Crippen LogP contribution < -0.4 is 0 Å². The average molecular weight is 238 g/mol. The van der Waals surface area contributed by atoms with Crippen LogP contribution in [0.25, 0.3) is 0 Å². The minimum Gasteiger partial charge on any atom is -0.512 e. The number of morpholine rings is 1. The molecule has 1 saturated carbocycles. The molecule has 0 spiro atoms. The number of nitrogens with zero attached hydrogens (tertiary/aromatic N) is 1.